The summed E-state index contributed by atoms with van der Waals surface area (Å²) in [5, 5.41) is 31.4. The SMILES string of the molecule is O=C1NC(=O)C2(C(=O)N1)[C@H](c1cccc([N+](=O)[O-])c1)NC(=O)N[C@H]2c1cccc([N+](=O)[O-])c1. The van der Waals surface area contributed by atoms with Crippen molar-refractivity contribution in [2.45, 2.75) is 12.1 Å². The van der Waals surface area contributed by atoms with Crippen molar-refractivity contribution in [1.82, 2.24) is 21.3 Å². The van der Waals surface area contributed by atoms with Crippen molar-refractivity contribution in [3.63, 3.8) is 0 Å². The van der Waals surface area contributed by atoms with Crippen molar-refractivity contribution in [3.8, 4) is 0 Å². The van der Waals surface area contributed by atoms with Crippen molar-refractivity contribution < 1.29 is 29.0 Å². The standard InChI is InChI=1S/C19H14N6O8/c26-15-19(16(27)23-18(29)22-15)13(9-3-1-5-11(7-9)24(30)31)20-17(28)21-14(19)10-4-2-6-12(8-10)25(32)33/h1-8,13-14H,(H2,20,21,28)(H2,22,23,26,27,29)/t13-,14-/m0/s1. The minimum absolute atomic E-state index is 0.0362. The van der Waals surface area contributed by atoms with Crippen LogP contribution in [0.25, 0.3) is 0 Å². The molecule has 2 heterocycles. The van der Waals surface area contributed by atoms with Crippen LogP contribution in [0.1, 0.15) is 23.2 Å². The Morgan fingerprint density at radius 1 is 0.697 bits per heavy atom. The van der Waals surface area contributed by atoms with Gasteiger partial charge in [-0.3, -0.25) is 40.5 Å². The fourth-order valence-electron chi connectivity index (χ4n) is 4.10. The number of hydrogen-bond donors (Lipinski definition) is 4. The molecule has 4 N–H and O–H groups in total. The van der Waals surface area contributed by atoms with Gasteiger partial charge in [0.1, 0.15) is 0 Å². The van der Waals surface area contributed by atoms with E-state index in [-0.39, 0.29) is 22.5 Å². The van der Waals surface area contributed by atoms with Crippen molar-refractivity contribution in [2.75, 3.05) is 0 Å². The monoisotopic (exact) mass is 454 g/mol. The molecule has 33 heavy (non-hydrogen) atoms. The number of nitro benzene ring substituents is 2. The summed E-state index contributed by atoms with van der Waals surface area (Å²) < 4.78 is 0. The molecule has 14 nitrogen and oxygen atoms in total. The van der Waals surface area contributed by atoms with E-state index in [0.717, 1.165) is 12.1 Å². The van der Waals surface area contributed by atoms with Crippen molar-refractivity contribution >= 4 is 35.3 Å². The number of urea groups is 2. The third-order valence-electron chi connectivity index (χ3n) is 5.50. The Labute approximate surface area is 183 Å². The predicted molar refractivity (Wildman–Crippen MR) is 107 cm³/mol. The molecule has 0 bridgehead atoms. The van der Waals surface area contributed by atoms with Gasteiger partial charge in [-0.05, 0) is 11.1 Å². The number of carbonyl (C=O) groups is 4. The molecule has 2 aliphatic rings. The summed E-state index contributed by atoms with van der Waals surface area (Å²) in [6, 6.07) is 5.01. The summed E-state index contributed by atoms with van der Waals surface area (Å²) >= 11 is 0. The zero-order chi connectivity index (χ0) is 23.9. The van der Waals surface area contributed by atoms with Crippen molar-refractivity contribution in [3.05, 3.63) is 79.9 Å². The summed E-state index contributed by atoms with van der Waals surface area (Å²) in [5.41, 5.74) is -2.93. The zero-order valence-electron chi connectivity index (χ0n) is 16.4. The van der Waals surface area contributed by atoms with Crippen LogP contribution in [0.15, 0.2) is 48.5 Å². The topological polar surface area (TPSA) is 203 Å². The molecular weight excluding hydrogens is 440 g/mol. The maximum Gasteiger partial charge on any atom is 0.328 e. The third kappa shape index (κ3) is 3.38. The fraction of sp³-hybridized carbons (Fsp3) is 0.158. The summed E-state index contributed by atoms with van der Waals surface area (Å²) in [7, 11) is 0. The Bertz CT molecular complexity index is 1150. The molecule has 0 aliphatic carbocycles. The Balaban J connectivity index is 1.96. The molecule has 2 aliphatic heterocycles. The molecule has 4 rings (SSSR count). The van der Waals surface area contributed by atoms with E-state index < -0.39 is 51.2 Å². The van der Waals surface area contributed by atoms with Gasteiger partial charge in [-0.15, -0.1) is 0 Å². The van der Waals surface area contributed by atoms with E-state index >= 15 is 0 Å². The lowest BCUT2D eigenvalue weighted by Gasteiger charge is -2.48. The molecule has 14 heteroatoms. The summed E-state index contributed by atoms with van der Waals surface area (Å²) in [5.74, 6) is -2.20. The van der Waals surface area contributed by atoms with Gasteiger partial charge in [0, 0.05) is 24.3 Å². The molecule has 168 valence electrons. The van der Waals surface area contributed by atoms with Gasteiger partial charge in [0.05, 0.1) is 21.9 Å². The predicted octanol–water partition coefficient (Wildman–Crippen LogP) is 0.951. The van der Waals surface area contributed by atoms with Gasteiger partial charge in [0.2, 0.25) is 11.8 Å². The highest BCUT2D eigenvalue weighted by Crippen LogP contribution is 2.49. The number of nitrogens with zero attached hydrogens (tertiary/aromatic N) is 2. The molecular formula is C19H14N6O8. The molecule has 2 saturated heterocycles. The Kier molecular flexibility index (Phi) is 4.96. The average molecular weight is 454 g/mol. The maximum absolute atomic E-state index is 13.3. The van der Waals surface area contributed by atoms with E-state index in [4.69, 9.17) is 0 Å². The number of rotatable bonds is 4. The number of barbiturate groups is 1. The van der Waals surface area contributed by atoms with E-state index in [0.29, 0.717) is 0 Å². The Morgan fingerprint density at radius 2 is 1.12 bits per heavy atom. The van der Waals surface area contributed by atoms with Gasteiger partial charge in [0.25, 0.3) is 11.4 Å². The lowest BCUT2D eigenvalue weighted by Crippen LogP contribution is -2.73. The zero-order valence-corrected chi connectivity index (χ0v) is 16.4. The normalized spacial score (nSPS) is 21.5. The highest BCUT2D eigenvalue weighted by Gasteiger charge is 2.64. The lowest BCUT2D eigenvalue weighted by molar-refractivity contribution is -0.385. The van der Waals surface area contributed by atoms with Gasteiger partial charge in [0.15, 0.2) is 5.41 Å². The van der Waals surface area contributed by atoms with Crippen LogP contribution in [-0.4, -0.2) is 33.7 Å². The quantitative estimate of drug-likeness (QED) is 0.297. The smallest absolute Gasteiger partial charge is 0.328 e. The highest BCUT2D eigenvalue weighted by atomic mass is 16.6. The maximum atomic E-state index is 13.3. The van der Waals surface area contributed by atoms with Gasteiger partial charge in [-0.1, -0.05) is 24.3 Å². The minimum atomic E-state index is -2.27. The molecule has 0 saturated carbocycles. The second-order valence-corrected chi connectivity index (χ2v) is 7.29. The van der Waals surface area contributed by atoms with Crippen LogP contribution in [-0.2, 0) is 9.59 Å². The van der Waals surface area contributed by atoms with E-state index in [1.807, 2.05) is 10.6 Å². The van der Waals surface area contributed by atoms with Crippen molar-refractivity contribution in [2.24, 2.45) is 5.41 Å². The van der Waals surface area contributed by atoms with Crippen molar-refractivity contribution in [1.29, 1.82) is 0 Å². The number of imide groups is 2. The molecule has 1 spiro atoms. The highest BCUT2D eigenvalue weighted by molar-refractivity contribution is 6.21. The van der Waals surface area contributed by atoms with Crippen LogP contribution < -0.4 is 21.3 Å². The molecule has 2 atom stereocenters. The molecule has 2 aromatic rings. The first-order valence-corrected chi connectivity index (χ1v) is 9.37. The number of carbonyl (C=O) groups excluding carboxylic acids is 4. The number of amides is 6. The van der Waals surface area contributed by atoms with Crippen LogP contribution in [0.2, 0.25) is 0 Å². The van der Waals surface area contributed by atoms with Crippen LogP contribution in [0.3, 0.4) is 0 Å². The molecule has 2 fully saturated rings. The molecule has 6 amide bonds. The number of nitrogens with one attached hydrogen (secondary N) is 4. The largest absolute Gasteiger partial charge is 0.330 e. The Hall–Kier alpha value is -4.88. The van der Waals surface area contributed by atoms with E-state index in [1.165, 1.54) is 36.4 Å². The number of nitro groups is 2. The third-order valence-corrected chi connectivity index (χ3v) is 5.50. The van der Waals surface area contributed by atoms with Gasteiger partial charge >= 0.3 is 12.1 Å². The van der Waals surface area contributed by atoms with Gasteiger partial charge < -0.3 is 10.6 Å². The van der Waals surface area contributed by atoms with Crippen LogP contribution in [0, 0.1) is 25.6 Å². The van der Waals surface area contributed by atoms with Crippen LogP contribution >= 0.6 is 0 Å². The molecule has 0 radical (unpaired) electrons. The average Bonchev–Trinajstić information content (AvgIpc) is 2.77. The van der Waals surface area contributed by atoms with E-state index in [9.17, 15) is 39.4 Å². The summed E-state index contributed by atoms with van der Waals surface area (Å²) in [6.07, 6.45) is 0. The second-order valence-electron chi connectivity index (χ2n) is 7.29. The molecule has 0 aromatic heterocycles. The Morgan fingerprint density at radius 3 is 1.52 bits per heavy atom. The van der Waals surface area contributed by atoms with Gasteiger partial charge in [-0.2, -0.15) is 0 Å². The summed E-state index contributed by atoms with van der Waals surface area (Å²) in [4.78, 5) is 72.0. The first-order chi connectivity index (χ1) is 15.6. The molecule has 2 aromatic carbocycles. The van der Waals surface area contributed by atoms with E-state index in [2.05, 4.69) is 10.6 Å². The number of hydrogen-bond acceptors (Lipinski definition) is 8. The second kappa shape index (κ2) is 7.67. The van der Waals surface area contributed by atoms with Gasteiger partial charge in [-0.25, -0.2) is 9.59 Å². The number of benzene rings is 2. The van der Waals surface area contributed by atoms with Crippen LogP contribution in [0.4, 0.5) is 21.0 Å². The lowest BCUT2D eigenvalue weighted by atomic mass is 9.65. The van der Waals surface area contributed by atoms with E-state index in [1.54, 1.807) is 0 Å². The number of non-ortho nitro benzene ring substituents is 2. The fourth-order valence-corrected chi connectivity index (χ4v) is 4.10. The molecule has 0 unspecified atom stereocenters. The minimum Gasteiger partial charge on any atom is -0.330 e. The first-order valence-electron chi connectivity index (χ1n) is 9.37. The first kappa shape index (κ1) is 21.4. The summed E-state index contributed by atoms with van der Waals surface area (Å²) in [6.45, 7) is 0. The van der Waals surface area contributed by atoms with Crippen LogP contribution in [0.5, 0.6) is 0 Å².